The first-order chi connectivity index (χ1) is 14.9. The summed E-state index contributed by atoms with van der Waals surface area (Å²) in [6.07, 6.45) is 2.42. The van der Waals surface area contributed by atoms with E-state index < -0.39 is 44.5 Å². The molecule has 1 aliphatic carbocycles. The minimum absolute atomic E-state index is 0.166. The van der Waals surface area contributed by atoms with Gasteiger partial charge in [-0.1, -0.05) is 26.6 Å². The predicted molar refractivity (Wildman–Crippen MR) is 123 cm³/mol. The van der Waals surface area contributed by atoms with Crippen molar-refractivity contribution in [1.82, 2.24) is 9.78 Å². The van der Waals surface area contributed by atoms with E-state index in [-0.39, 0.29) is 5.76 Å². The zero-order chi connectivity index (χ0) is 23.3. The van der Waals surface area contributed by atoms with Gasteiger partial charge in [0.2, 0.25) is 0 Å². The molecule has 3 heterocycles. The van der Waals surface area contributed by atoms with Crippen molar-refractivity contribution in [3.05, 3.63) is 40.2 Å². The number of halogens is 2. The van der Waals surface area contributed by atoms with Gasteiger partial charge in [-0.15, -0.1) is 11.3 Å². The quantitative estimate of drug-likeness (QED) is 0.384. The molecule has 3 aromatic heterocycles. The molecule has 10 heteroatoms. The van der Waals surface area contributed by atoms with Crippen LogP contribution in [0.3, 0.4) is 0 Å². The fourth-order valence-electron chi connectivity index (χ4n) is 4.09. The summed E-state index contributed by atoms with van der Waals surface area (Å²) in [6, 6.07) is 2.82. The van der Waals surface area contributed by atoms with Crippen molar-refractivity contribution in [2.24, 2.45) is 0 Å². The lowest BCUT2D eigenvalue weighted by molar-refractivity contribution is -0.0507. The Bertz CT molecular complexity index is 1200. The third-order valence-corrected chi connectivity index (χ3v) is 8.70. The van der Waals surface area contributed by atoms with Crippen LogP contribution in [0.15, 0.2) is 27.7 Å². The van der Waals surface area contributed by atoms with Crippen molar-refractivity contribution in [1.29, 1.82) is 0 Å². The van der Waals surface area contributed by atoms with Gasteiger partial charge in [0.25, 0.3) is 5.92 Å². The number of hydrogen-bond acceptors (Lipinski definition) is 6. The molecule has 1 atom stereocenters. The molecule has 3 aromatic rings. The number of fused-ring (bicyclic) bond motifs is 3. The summed E-state index contributed by atoms with van der Waals surface area (Å²) in [5, 5.41) is 14.6. The average molecular weight is 483 g/mol. The summed E-state index contributed by atoms with van der Waals surface area (Å²) < 4.78 is 42.2. The van der Waals surface area contributed by atoms with Crippen molar-refractivity contribution < 1.29 is 23.0 Å². The van der Waals surface area contributed by atoms with Gasteiger partial charge >= 0.3 is 5.63 Å². The van der Waals surface area contributed by atoms with Crippen molar-refractivity contribution in [3.8, 4) is 10.4 Å². The van der Waals surface area contributed by atoms with Crippen LogP contribution in [0.1, 0.15) is 24.7 Å². The number of rotatable bonds is 7. The van der Waals surface area contributed by atoms with Gasteiger partial charge in [0.05, 0.1) is 18.2 Å². The second kappa shape index (κ2) is 8.16. The van der Waals surface area contributed by atoms with Crippen LogP contribution in [0.25, 0.3) is 20.5 Å². The van der Waals surface area contributed by atoms with Crippen LogP contribution in [0, 0.1) is 0 Å². The molecule has 0 saturated heterocycles. The van der Waals surface area contributed by atoms with E-state index in [4.69, 9.17) is 9.15 Å². The standard InChI is InChI=1S/C22H28F2N2O4SSi/c1-21(12-27)11-22(23,24)8-16-15-7-17(31-18(15)20(28)30-19(16)21)14-9-25-26(10-14)13-29-5-6-32(2,3)4/h7,9-10,27H,5-6,8,11-13H2,1-4H3. The van der Waals surface area contributed by atoms with Gasteiger partial charge in [-0.05, 0) is 12.1 Å². The molecular formula is C22H28F2N2O4SSi. The molecule has 6 nitrogen and oxygen atoms in total. The lowest BCUT2D eigenvalue weighted by atomic mass is 9.73. The average Bonchev–Trinajstić information content (AvgIpc) is 3.33. The van der Waals surface area contributed by atoms with E-state index in [1.807, 2.05) is 6.20 Å². The van der Waals surface area contributed by atoms with Gasteiger partial charge in [0.1, 0.15) is 17.2 Å². The molecule has 1 aliphatic rings. The number of aliphatic hydroxyl groups is 1. The third-order valence-electron chi connectivity index (χ3n) is 5.83. The van der Waals surface area contributed by atoms with E-state index in [1.54, 1.807) is 16.9 Å². The molecule has 4 rings (SSSR count). The number of alkyl halides is 2. The smallest absolute Gasteiger partial charge is 0.354 e. The minimum Gasteiger partial charge on any atom is -0.426 e. The highest BCUT2D eigenvalue weighted by Gasteiger charge is 2.49. The number of hydrogen-bond donors (Lipinski definition) is 1. The van der Waals surface area contributed by atoms with Gasteiger partial charge in [-0.3, -0.25) is 0 Å². The van der Waals surface area contributed by atoms with E-state index in [0.717, 1.165) is 16.5 Å². The lowest BCUT2D eigenvalue weighted by Crippen LogP contribution is -2.42. The molecule has 0 saturated carbocycles. The van der Waals surface area contributed by atoms with Crippen LogP contribution in [0.4, 0.5) is 8.78 Å². The highest BCUT2D eigenvalue weighted by molar-refractivity contribution is 7.22. The van der Waals surface area contributed by atoms with E-state index in [9.17, 15) is 18.7 Å². The summed E-state index contributed by atoms with van der Waals surface area (Å²) in [7, 11) is -1.16. The molecule has 0 radical (unpaired) electrons. The monoisotopic (exact) mass is 482 g/mol. The van der Waals surface area contributed by atoms with E-state index >= 15 is 0 Å². The maximum absolute atomic E-state index is 14.5. The summed E-state index contributed by atoms with van der Waals surface area (Å²) in [5.74, 6) is -2.82. The third kappa shape index (κ3) is 4.59. The predicted octanol–water partition coefficient (Wildman–Crippen LogP) is 4.86. The summed E-state index contributed by atoms with van der Waals surface area (Å²) in [4.78, 5) is 13.4. The molecule has 32 heavy (non-hydrogen) atoms. The Balaban J connectivity index is 1.65. The number of aromatic nitrogens is 2. The Hall–Kier alpha value is -1.88. The van der Waals surface area contributed by atoms with Crippen molar-refractivity contribution >= 4 is 29.5 Å². The Kier molecular flexibility index (Phi) is 5.94. The van der Waals surface area contributed by atoms with Crippen LogP contribution in [-0.2, 0) is 23.3 Å². The van der Waals surface area contributed by atoms with Crippen LogP contribution in [0.2, 0.25) is 25.7 Å². The van der Waals surface area contributed by atoms with E-state index in [2.05, 4.69) is 24.7 Å². The maximum Gasteiger partial charge on any atom is 0.354 e. The highest BCUT2D eigenvalue weighted by Crippen LogP contribution is 2.47. The Morgan fingerprint density at radius 1 is 1.38 bits per heavy atom. The van der Waals surface area contributed by atoms with Crippen molar-refractivity contribution in [3.63, 3.8) is 0 Å². The molecule has 0 aliphatic heterocycles. The molecular weight excluding hydrogens is 454 g/mol. The summed E-state index contributed by atoms with van der Waals surface area (Å²) in [5.41, 5.74) is -0.787. The van der Waals surface area contributed by atoms with Crippen molar-refractivity contribution in [2.45, 2.75) is 63.5 Å². The van der Waals surface area contributed by atoms with E-state index in [1.165, 1.54) is 18.3 Å². The fourth-order valence-corrected chi connectivity index (χ4v) is 5.89. The fraction of sp³-hybridized carbons (Fsp3) is 0.545. The Labute approximate surface area is 189 Å². The molecule has 0 aromatic carbocycles. The number of nitrogens with zero attached hydrogens (tertiary/aromatic N) is 2. The number of aliphatic hydroxyl groups excluding tert-OH is 1. The molecule has 0 spiro atoms. The van der Waals surface area contributed by atoms with Gasteiger partial charge in [-0.25, -0.2) is 18.3 Å². The van der Waals surface area contributed by atoms with Gasteiger partial charge < -0.3 is 14.3 Å². The van der Waals surface area contributed by atoms with E-state index in [0.29, 0.717) is 29.0 Å². The zero-order valence-electron chi connectivity index (χ0n) is 18.7. The van der Waals surface area contributed by atoms with Crippen LogP contribution in [-0.4, -0.2) is 42.1 Å². The second-order valence-corrected chi connectivity index (χ2v) is 16.8. The summed E-state index contributed by atoms with van der Waals surface area (Å²) >= 11 is 1.20. The Morgan fingerprint density at radius 2 is 2.12 bits per heavy atom. The Morgan fingerprint density at radius 3 is 2.81 bits per heavy atom. The SMILES string of the molecule is CC1(CO)CC(F)(F)Cc2c1oc(=O)c1sc(-c3cnn(COCC[Si](C)(C)C)c3)cc21. The van der Waals surface area contributed by atoms with Crippen molar-refractivity contribution in [2.75, 3.05) is 13.2 Å². The molecule has 0 bridgehead atoms. The number of ether oxygens (including phenoxy) is 1. The van der Waals surface area contributed by atoms with Crippen LogP contribution >= 0.6 is 11.3 Å². The maximum atomic E-state index is 14.5. The first-order valence-corrected chi connectivity index (χ1v) is 15.1. The second-order valence-electron chi connectivity index (χ2n) is 10.1. The molecule has 1 unspecified atom stereocenters. The first-order valence-electron chi connectivity index (χ1n) is 10.6. The van der Waals surface area contributed by atoms with Gasteiger partial charge in [0, 0.05) is 55.1 Å². The normalized spacial score (nSPS) is 20.6. The first kappa shape index (κ1) is 23.3. The van der Waals surface area contributed by atoms with Crippen LogP contribution in [0.5, 0.6) is 0 Å². The van der Waals surface area contributed by atoms with Crippen LogP contribution < -0.4 is 5.63 Å². The van der Waals surface area contributed by atoms with Gasteiger partial charge in [0.15, 0.2) is 0 Å². The lowest BCUT2D eigenvalue weighted by Gasteiger charge is -2.36. The zero-order valence-corrected chi connectivity index (χ0v) is 20.5. The topological polar surface area (TPSA) is 77.5 Å². The molecule has 0 fully saturated rings. The molecule has 0 amide bonds. The largest absolute Gasteiger partial charge is 0.426 e. The molecule has 1 N–H and O–H groups in total. The summed E-state index contributed by atoms with van der Waals surface area (Å²) in [6.45, 7) is 8.86. The highest BCUT2D eigenvalue weighted by atomic mass is 32.1. The molecule has 174 valence electrons. The van der Waals surface area contributed by atoms with Gasteiger partial charge in [-0.2, -0.15) is 5.10 Å². The minimum atomic E-state index is -2.99. The number of thiophene rings is 1.